The molecule has 0 aromatic heterocycles. The van der Waals surface area contributed by atoms with Crippen molar-refractivity contribution in [2.75, 3.05) is 32.4 Å². The Kier molecular flexibility index (Phi) is 3.42. The third-order valence-electron chi connectivity index (χ3n) is 3.33. The molecule has 6 nitrogen and oxygen atoms in total. The zero-order valence-corrected chi connectivity index (χ0v) is 10.9. The summed E-state index contributed by atoms with van der Waals surface area (Å²) in [5, 5.41) is 0. The van der Waals surface area contributed by atoms with Crippen LogP contribution in [0.1, 0.15) is 13.3 Å². The minimum Gasteiger partial charge on any atom is -0.461 e. The van der Waals surface area contributed by atoms with Crippen molar-refractivity contribution >= 4 is 16.0 Å². The van der Waals surface area contributed by atoms with Crippen LogP contribution in [0.15, 0.2) is 0 Å². The van der Waals surface area contributed by atoms with E-state index >= 15 is 0 Å². The highest BCUT2D eigenvalue weighted by Crippen LogP contribution is 2.21. The highest BCUT2D eigenvalue weighted by Gasteiger charge is 2.38. The average Bonchev–Trinajstić information content (AvgIpc) is 2.57. The van der Waals surface area contributed by atoms with Crippen LogP contribution in [0.2, 0.25) is 0 Å². The Labute approximate surface area is 102 Å². The molecular weight excluding hydrogens is 244 g/mol. The molecule has 2 aliphatic heterocycles. The molecule has 0 N–H and O–H groups in total. The predicted molar refractivity (Wildman–Crippen MR) is 61.9 cm³/mol. The van der Waals surface area contributed by atoms with Crippen molar-refractivity contribution in [2.45, 2.75) is 25.5 Å². The van der Waals surface area contributed by atoms with Gasteiger partial charge in [-0.3, -0.25) is 9.69 Å². The van der Waals surface area contributed by atoms with Gasteiger partial charge in [-0.1, -0.05) is 0 Å². The van der Waals surface area contributed by atoms with E-state index in [2.05, 4.69) is 0 Å². The second-order valence-corrected chi connectivity index (χ2v) is 6.68. The van der Waals surface area contributed by atoms with Crippen LogP contribution in [0.3, 0.4) is 0 Å². The van der Waals surface area contributed by atoms with Gasteiger partial charge >= 0.3 is 5.97 Å². The van der Waals surface area contributed by atoms with Crippen molar-refractivity contribution in [3.63, 3.8) is 0 Å². The fraction of sp³-hybridized carbons (Fsp3) is 0.900. The third-order valence-corrected chi connectivity index (χ3v) is 4.63. The summed E-state index contributed by atoms with van der Waals surface area (Å²) in [5.41, 5.74) is 0. The van der Waals surface area contributed by atoms with E-state index in [4.69, 9.17) is 4.74 Å². The molecule has 17 heavy (non-hydrogen) atoms. The number of cyclic esters (lactones) is 1. The third kappa shape index (κ3) is 2.78. The fourth-order valence-corrected chi connectivity index (χ4v) is 3.21. The van der Waals surface area contributed by atoms with Crippen LogP contribution < -0.4 is 0 Å². The second kappa shape index (κ2) is 4.55. The molecule has 0 saturated carbocycles. The van der Waals surface area contributed by atoms with Gasteiger partial charge in [0.25, 0.3) is 0 Å². The van der Waals surface area contributed by atoms with Crippen LogP contribution in [0.5, 0.6) is 0 Å². The van der Waals surface area contributed by atoms with E-state index < -0.39 is 10.0 Å². The van der Waals surface area contributed by atoms with Gasteiger partial charge < -0.3 is 4.74 Å². The van der Waals surface area contributed by atoms with E-state index in [1.54, 1.807) is 0 Å². The molecule has 2 heterocycles. The lowest BCUT2D eigenvalue weighted by molar-refractivity contribution is -0.145. The van der Waals surface area contributed by atoms with Crippen molar-refractivity contribution in [3.8, 4) is 0 Å². The Morgan fingerprint density at radius 2 is 1.82 bits per heavy atom. The molecule has 0 aromatic rings. The number of hydrogen-bond acceptors (Lipinski definition) is 5. The zero-order chi connectivity index (χ0) is 12.6. The monoisotopic (exact) mass is 262 g/mol. The minimum absolute atomic E-state index is 0.0274. The summed E-state index contributed by atoms with van der Waals surface area (Å²) >= 11 is 0. The first-order chi connectivity index (χ1) is 7.88. The molecule has 0 bridgehead atoms. The highest BCUT2D eigenvalue weighted by atomic mass is 32.2. The zero-order valence-electron chi connectivity index (χ0n) is 10.1. The van der Waals surface area contributed by atoms with E-state index in [1.807, 2.05) is 11.8 Å². The van der Waals surface area contributed by atoms with E-state index in [9.17, 15) is 13.2 Å². The predicted octanol–water partition coefficient (Wildman–Crippen LogP) is -0.732. The summed E-state index contributed by atoms with van der Waals surface area (Å²) in [6, 6.07) is -0.188. The van der Waals surface area contributed by atoms with E-state index in [1.165, 1.54) is 10.6 Å². The maximum absolute atomic E-state index is 11.6. The number of carbonyl (C=O) groups is 1. The number of ether oxygens (including phenoxy) is 1. The summed E-state index contributed by atoms with van der Waals surface area (Å²) in [6.07, 6.45) is 1.90. The number of rotatable bonds is 2. The molecule has 0 radical (unpaired) electrons. The number of carbonyl (C=O) groups excluding carboxylic acids is 1. The topological polar surface area (TPSA) is 66.9 Å². The molecule has 2 unspecified atom stereocenters. The molecule has 2 rings (SSSR count). The number of hydrogen-bond donors (Lipinski definition) is 0. The Morgan fingerprint density at radius 1 is 1.24 bits per heavy atom. The normalized spacial score (nSPS) is 32.7. The lowest BCUT2D eigenvalue weighted by Gasteiger charge is -2.35. The second-order valence-electron chi connectivity index (χ2n) is 4.70. The first-order valence-electron chi connectivity index (χ1n) is 5.77. The van der Waals surface area contributed by atoms with Crippen molar-refractivity contribution in [3.05, 3.63) is 0 Å². The van der Waals surface area contributed by atoms with Crippen molar-refractivity contribution in [1.29, 1.82) is 0 Å². The van der Waals surface area contributed by atoms with Gasteiger partial charge in [-0.05, 0) is 6.92 Å². The molecule has 2 aliphatic rings. The molecule has 2 saturated heterocycles. The smallest absolute Gasteiger partial charge is 0.323 e. The van der Waals surface area contributed by atoms with Crippen LogP contribution in [0.4, 0.5) is 0 Å². The quantitative estimate of drug-likeness (QED) is 0.614. The van der Waals surface area contributed by atoms with Gasteiger partial charge in [0, 0.05) is 32.6 Å². The Balaban J connectivity index is 1.94. The van der Waals surface area contributed by atoms with Crippen LogP contribution in [-0.4, -0.2) is 68.2 Å². The van der Waals surface area contributed by atoms with Gasteiger partial charge in [0.2, 0.25) is 10.0 Å². The number of esters is 1. The molecule has 0 aliphatic carbocycles. The van der Waals surface area contributed by atoms with Crippen LogP contribution in [-0.2, 0) is 19.6 Å². The summed E-state index contributed by atoms with van der Waals surface area (Å²) in [5.74, 6) is -0.176. The molecule has 2 fully saturated rings. The molecule has 7 heteroatoms. The van der Waals surface area contributed by atoms with Gasteiger partial charge in [0.15, 0.2) is 0 Å². The molecule has 98 valence electrons. The van der Waals surface area contributed by atoms with Crippen LogP contribution in [0, 0.1) is 0 Å². The Bertz CT molecular complexity index is 401. The van der Waals surface area contributed by atoms with Gasteiger partial charge in [-0.15, -0.1) is 0 Å². The highest BCUT2D eigenvalue weighted by molar-refractivity contribution is 7.88. The van der Waals surface area contributed by atoms with Gasteiger partial charge in [0.05, 0.1) is 6.26 Å². The lowest BCUT2D eigenvalue weighted by Crippen LogP contribution is -2.52. The van der Waals surface area contributed by atoms with Gasteiger partial charge in [-0.2, -0.15) is 4.31 Å². The molecule has 0 amide bonds. The Morgan fingerprint density at radius 3 is 2.24 bits per heavy atom. The van der Waals surface area contributed by atoms with Gasteiger partial charge in [0.1, 0.15) is 12.1 Å². The number of piperazine rings is 1. The van der Waals surface area contributed by atoms with Crippen LogP contribution >= 0.6 is 0 Å². The molecule has 0 spiro atoms. The molecule has 2 atom stereocenters. The van der Waals surface area contributed by atoms with Crippen molar-refractivity contribution < 1.29 is 17.9 Å². The molecule has 0 aromatic carbocycles. The van der Waals surface area contributed by atoms with E-state index in [0.29, 0.717) is 32.6 Å². The van der Waals surface area contributed by atoms with Crippen molar-refractivity contribution in [2.24, 2.45) is 0 Å². The first kappa shape index (κ1) is 12.8. The maximum atomic E-state index is 11.6. The number of nitrogens with zero attached hydrogens (tertiary/aromatic N) is 2. The minimum atomic E-state index is -3.11. The standard InChI is InChI=1S/C10H18N2O4S/c1-8-7-9(10(13)16-8)11-3-5-12(6-4-11)17(2,14)15/h8-9H,3-7H2,1-2H3. The van der Waals surface area contributed by atoms with Gasteiger partial charge in [-0.25, -0.2) is 8.42 Å². The van der Waals surface area contributed by atoms with Crippen molar-refractivity contribution in [1.82, 2.24) is 9.21 Å². The summed E-state index contributed by atoms with van der Waals surface area (Å²) < 4.78 is 29.3. The molecular formula is C10H18N2O4S. The summed E-state index contributed by atoms with van der Waals surface area (Å²) in [7, 11) is -3.11. The number of sulfonamides is 1. The van der Waals surface area contributed by atoms with E-state index in [-0.39, 0.29) is 18.1 Å². The average molecular weight is 262 g/mol. The first-order valence-corrected chi connectivity index (χ1v) is 7.62. The fourth-order valence-electron chi connectivity index (χ4n) is 2.38. The largest absolute Gasteiger partial charge is 0.461 e. The lowest BCUT2D eigenvalue weighted by atomic mass is 10.1. The maximum Gasteiger partial charge on any atom is 0.323 e. The van der Waals surface area contributed by atoms with Crippen LogP contribution in [0.25, 0.3) is 0 Å². The summed E-state index contributed by atoms with van der Waals surface area (Å²) in [4.78, 5) is 13.6. The summed E-state index contributed by atoms with van der Waals surface area (Å²) in [6.45, 7) is 3.98. The SMILES string of the molecule is CC1CC(N2CCN(S(C)(=O)=O)CC2)C(=O)O1. The Hall–Kier alpha value is -0.660. The van der Waals surface area contributed by atoms with E-state index in [0.717, 1.165) is 0 Å².